The Hall–Kier alpha value is -1.88. The van der Waals surface area contributed by atoms with E-state index in [9.17, 15) is 9.59 Å². The molecule has 1 aliphatic rings. The van der Waals surface area contributed by atoms with Gasteiger partial charge in [-0.2, -0.15) is 0 Å². The summed E-state index contributed by atoms with van der Waals surface area (Å²) in [5, 5.41) is 5.88. The first-order valence-electron chi connectivity index (χ1n) is 9.00. The van der Waals surface area contributed by atoms with Gasteiger partial charge in [-0.05, 0) is 43.4 Å². The van der Waals surface area contributed by atoms with E-state index in [0.717, 1.165) is 44.1 Å². The predicted octanol–water partition coefficient (Wildman–Crippen LogP) is 2.35. The molecule has 2 amide bonds. The lowest BCUT2D eigenvalue weighted by Crippen LogP contribution is -2.37. The van der Waals surface area contributed by atoms with E-state index >= 15 is 0 Å². The number of nitrogens with two attached hydrogens (primary N) is 1. The Morgan fingerprint density at radius 2 is 1.92 bits per heavy atom. The molecule has 0 bridgehead atoms. The van der Waals surface area contributed by atoms with Crippen molar-refractivity contribution in [2.75, 3.05) is 6.54 Å². The zero-order chi connectivity index (χ0) is 17.4. The molecule has 4 N–H and O–H groups in total. The molecule has 5 heteroatoms. The van der Waals surface area contributed by atoms with Crippen LogP contribution in [0.15, 0.2) is 24.3 Å². The molecular formula is C19H29N3O2. The Morgan fingerprint density at radius 3 is 2.58 bits per heavy atom. The molecule has 2 atom stereocenters. The zero-order valence-corrected chi connectivity index (χ0v) is 14.5. The summed E-state index contributed by atoms with van der Waals surface area (Å²) in [6, 6.07) is 7.54. The highest BCUT2D eigenvalue weighted by Crippen LogP contribution is 2.23. The van der Waals surface area contributed by atoms with Crippen LogP contribution in [0.2, 0.25) is 0 Å². The number of unbranched alkanes of at least 4 members (excludes halogenated alkanes) is 1. The minimum absolute atomic E-state index is 0.0392. The fourth-order valence-electron chi connectivity index (χ4n) is 3.05. The molecule has 24 heavy (non-hydrogen) atoms. The van der Waals surface area contributed by atoms with Crippen molar-refractivity contribution >= 4 is 11.8 Å². The third-order valence-corrected chi connectivity index (χ3v) is 4.58. The van der Waals surface area contributed by atoms with Gasteiger partial charge >= 0.3 is 0 Å². The van der Waals surface area contributed by atoms with Crippen LogP contribution in [0.4, 0.5) is 0 Å². The fourth-order valence-corrected chi connectivity index (χ4v) is 3.05. The third kappa shape index (κ3) is 5.64. The summed E-state index contributed by atoms with van der Waals surface area (Å²) in [6.45, 7) is 3.29. The average Bonchev–Trinajstić information content (AvgIpc) is 2.60. The molecule has 1 saturated carbocycles. The molecule has 0 aliphatic heterocycles. The van der Waals surface area contributed by atoms with Crippen molar-refractivity contribution < 1.29 is 9.59 Å². The van der Waals surface area contributed by atoms with Crippen molar-refractivity contribution in [1.29, 1.82) is 0 Å². The fraction of sp³-hybridized carbons (Fsp3) is 0.579. The van der Waals surface area contributed by atoms with Gasteiger partial charge in [-0.1, -0.05) is 31.9 Å². The number of nitrogens with one attached hydrogen (secondary N) is 2. The summed E-state index contributed by atoms with van der Waals surface area (Å²) in [5.74, 6) is 0.0825. The maximum atomic E-state index is 12.2. The van der Waals surface area contributed by atoms with Crippen molar-refractivity contribution in [1.82, 2.24) is 10.6 Å². The van der Waals surface area contributed by atoms with E-state index in [1.165, 1.54) is 0 Å². The van der Waals surface area contributed by atoms with Crippen LogP contribution in [-0.4, -0.2) is 24.4 Å². The molecule has 0 radical (unpaired) electrons. The summed E-state index contributed by atoms with van der Waals surface area (Å²) in [7, 11) is 0. The molecule has 0 spiro atoms. The van der Waals surface area contributed by atoms with Gasteiger partial charge < -0.3 is 16.4 Å². The summed E-state index contributed by atoms with van der Waals surface area (Å²) >= 11 is 0. The van der Waals surface area contributed by atoms with Gasteiger partial charge in [0.1, 0.15) is 0 Å². The third-order valence-electron chi connectivity index (χ3n) is 4.58. The Morgan fingerprint density at radius 1 is 1.17 bits per heavy atom. The van der Waals surface area contributed by atoms with Crippen LogP contribution in [-0.2, 0) is 11.3 Å². The second-order valence-corrected chi connectivity index (χ2v) is 6.65. The van der Waals surface area contributed by atoms with Gasteiger partial charge in [0.15, 0.2) is 0 Å². The Balaban J connectivity index is 1.79. The lowest BCUT2D eigenvalue weighted by atomic mass is 9.85. The van der Waals surface area contributed by atoms with E-state index in [2.05, 4.69) is 17.6 Å². The quantitative estimate of drug-likeness (QED) is 0.671. The molecule has 2 unspecified atom stereocenters. The van der Waals surface area contributed by atoms with Crippen LogP contribution in [0, 0.1) is 5.92 Å². The summed E-state index contributed by atoms with van der Waals surface area (Å²) in [6.07, 6.45) is 5.80. The van der Waals surface area contributed by atoms with Gasteiger partial charge in [0, 0.05) is 30.6 Å². The topological polar surface area (TPSA) is 84.2 Å². The van der Waals surface area contributed by atoms with Crippen molar-refractivity contribution in [3.63, 3.8) is 0 Å². The van der Waals surface area contributed by atoms with Crippen molar-refractivity contribution in [3.8, 4) is 0 Å². The number of amides is 2. The highest BCUT2D eigenvalue weighted by molar-refractivity contribution is 5.94. The van der Waals surface area contributed by atoms with Gasteiger partial charge in [0.05, 0.1) is 0 Å². The molecule has 1 aromatic carbocycles. The van der Waals surface area contributed by atoms with Crippen LogP contribution < -0.4 is 16.4 Å². The molecule has 2 rings (SSSR count). The second-order valence-electron chi connectivity index (χ2n) is 6.65. The van der Waals surface area contributed by atoms with Gasteiger partial charge in [-0.25, -0.2) is 0 Å². The lowest BCUT2D eigenvalue weighted by Gasteiger charge is -2.25. The Bertz CT molecular complexity index is 542. The molecule has 1 aliphatic carbocycles. The summed E-state index contributed by atoms with van der Waals surface area (Å²) in [4.78, 5) is 24.1. The van der Waals surface area contributed by atoms with Crippen molar-refractivity contribution in [2.24, 2.45) is 11.7 Å². The summed E-state index contributed by atoms with van der Waals surface area (Å²) in [5.41, 5.74) is 7.59. The highest BCUT2D eigenvalue weighted by Gasteiger charge is 2.24. The van der Waals surface area contributed by atoms with Crippen LogP contribution in [0.5, 0.6) is 0 Å². The molecule has 1 aromatic rings. The number of hydrogen-bond acceptors (Lipinski definition) is 3. The van der Waals surface area contributed by atoms with E-state index in [0.29, 0.717) is 18.7 Å². The van der Waals surface area contributed by atoms with E-state index in [1.807, 2.05) is 12.1 Å². The standard InChI is InChI=1S/C19H29N3O2/c1-2-3-11-21-18(23)15-9-7-14(8-10-15)13-22-19(24)16-5-4-6-17(20)12-16/h7-10,16-17H,2-6,11-13,20H2,1H3,(H,21,23)(H,22,24). The molecular weight excluding hydrogens is 302 g/mol. The van der Waals surface area contributed by atoms with Gasteiger partial charge in [-0.3, -0.25) is 9.59 Å². The number of carbonyl (C=O) groups excluding carboxylic acids is 2. The molecule has 1 fully saturated rings. The summed E-state index contributed by atoms with van der Waals surface area (Å²) < 4.78 is 0. The predicted molar refractivity (Wildman–Crippen MR) is 95.5 cm³/mol. The van der Waals surface area contributed by atoms with E-state index in [4.69, 9.17) is 5.73 Å². The molecule has 0 heterocycles. The first-order valence-corrected chi connectivity index (χ1v) is 9.00. The molecule has 132 valence electrons. The maximum absolute atomic E-state index is 12.2. The second kappa shape index (κ2) is 9.42. The first-order chi connectivity index (χ1) is 11.6. The SMILES string of the molecule is CCCCNC(=O)c1ccc(CNC(=O)C2CCCC(N)C2)cc1. The number of carbonyl (C=O) groups is 2. The van der Waals surface area contributed by atoms with Crippen LogP contribution in [0.25, 0.3) is 0 Å². The first kappa shape index (κ1) is 18.5. The van der Waals surface area contributed by atoms with Gasteiger partial charge in [0.25, 0.3) is 5.91 Å². The largest absolute Gasteiger partial charge is 0.352 e. The van der Waals surface area contributed by atoms with Gasteiger partial charge in [0.2, 0.25) is 5.91 Å². The monoisotopic (exact) mass is 331 g/mol. The van der Waals surface area contributed by atoms with Crippen molar-refractivity contribution in [2.45, 2.75) is 58.0 Å². The number of hydrogen-bond donors (Lipinski definition) is 3. The minimum atomic E-state index is -0.0461. The van der Waals surface area contributed by atoms with E-state index in [1.54, 1.807) is 12.1 Å². The smallest absolute Gasteiger partial charge is 0.251 e. The zero-order valence-electron chi connectivity index (χ0n) is 14.5. The van der Waals surface area contributed by atoms with Gasteiger partial charge in [-0.15, -0.1) is 0 Å². The average molecular weight is 331 g/mol. The number of rotatable bonds is 7. The maximum Gasteiger partial charge on any atom is 0.251 e. The lowest BCUT2D eigenvalue weighted by molar-refractivity contribution is -0.126. The minimum Gasteiger partial charge on any atom is -0.352 e. The normalized spacial score (nSPS) is 20.4. The Labute approximate surface area is 144 Å². The van der Waals surface area contributed by atoms with Crippen LogP contribution >= 0.6 is 0 Å². The number of benzene rings is 1. The Kier molecular flexibility index (Phi) is 7.25. The molecule has 0 saturated heterocycles. The van der Waals surface area contributed by atoms with E-state index in [-0.39, 0.29) is 23.8 Å². The molecule has 5 nitrogen and oxygen atoms in total. The van der Waals surface area contributed by atoms with E-state index < -0.39 is 0 Å². The van der Waals surface area contributed by atoms with Crippen molar-refractivity contribution in [3.05, 3.63) is 35.4 Å². The molecule has 0 aromatic heterocycles. The highest BCUT2D eigenvalue weighted by atomic mass is 16.2. The van der Waals surface area contributed by atoms with Crippen LogP contribution in [0.1, 0.15) is 61.4 Å². The van der Waals surface area contributed by atoms with Crippen LogP contribution in [0.3, 0.4) is 0 Å².